The zero-order chi connectivity index (χ0) is 11.1. The molecule has 0 spiro atoms. The zero-order valence-electron chi connectivity index (χ0n) is 10.3. The number of amides is 1. The van der Waals surface area contributed by atoms with Gasteiger partial charge in [0, 0.05) is 19.1 Å². The lowest BCUT2D eigenvalue weighted by Crippen LogP contribution is -2.41. The van der Waals surface area contributed by atoms with Gasteiger partial charge in [-0.1, -0.05) is 6.92 Å². The average Bonchev–Trinajstić information content (AvgIpc) is 2.46. The molecule has 0 bridgehead atoms. The fraction of sp³-hybridized carbons (Fsp3) is 0.909. The summed E-state index contributed by atoms with van der Waals surface area (Å²) in [7, 11) is 0. The smallest absolute Gasteiger partial charge is 0.234 e. The molecular formula is C11H24ClN3O. The van der Waals surface area contributed by atoms with Crippen LogP contribution in [0, 0.1) is 0 Å². The second-order valence-electron chi connectivity index (χ2n) is 4.26. The number of carbonyl (C=O) groups excluding carboxylic acids is 1. The third-order valence-corrected chi connectivity index (χ3v) is 2.82. The summed E-state index contributed by atoms with van der Waals surface area (Å²) in [5.41, 5.74) is 0. The second-order valence-corrected chi connectivity index (χ2v) is 4.26. The van der Waals surface area contributed by atoms with E-state index in [1.807, 2.05) is 6.92 Å². The van der Waals surface area contributed by atoms with E-state index in [0.29, 0.717) is 12.6 Å². The first kappa shape index (κ1) is 15.7. The normalized spacial score (nSPS) is 19.4. The predicted octanol–water partition coefficient (Wildman–Crippen LogP) is 0.618. The molecule has 0 radical (unpaired) electrons. The number of nitrogens with zero attached hydrogens (tertiary/aromatic N) is 1. The molecule has 1 heterocycles. The van der Waals surface area contributed by atoms with Gasteiger partial charge in [-0.2, -0.15) is 0 Å². The van der Waals surface area contributed by atoms with Gasteiger partial charge >= 0.3 is 0 Å². The predicted molar refractivity (Wildman–Crippen MR) is 69.1 cm³/mol. The molecule has 1 aliphatic heterocycles. The van der Waals surface area contributed by atoms with Gasteiger partial charge in [-0.25, -0.2) is 0 Å². The summed E-state index contributed by atoms with van der Waals surface area (Å²) in [6.45, 7) is 8.75. The zero-order valence-corrected chi connectivity index (χ0v) is 11.1. The highest BCUT2D eigenvalue weighted by Gasteiger charge is 2.13. The Morgan fingerprint density at radius 3 is 2.88 bits per heavy atom. The van der Waals surface area contributed by atoms with Crippen molar-refractivity contribution in [2.24, 2.45) is 0 Å². The first-order chi connectivity index (χ1) is 7.22. The van der Waals surface area contributed by atoms with Crippen LogP contribution in [0.15, 0.2) is 0 Å². The van der Waals surface area contributed by atoms with E-state index in [1.54, 1.807) is 0 Å². The van der Waals surface area contributed by atoms with Crippen LogP contribution in [-0.4, -0.2) is 49.6 Å². The molecule has 5 heteroatoms. The van der Waals surface area contributed by atoms with E-state index in [9.17, 15) is 4.79 Å². The van der Waals surface area contributed by atoms with E-state index in [-0.39, 0.29) is 18.3 Å². The monoisotopic (exact) mass is 249 g/mol. The molecule has 4 nitrogen and oxygen atoms in total. The molecule has 2 N–H and O–H groups in total. The van der Waals surface area contributed by atoms with Crippen LogP contribution in [0.2, 0.25) is 0 Å². The van der Waals surface area contributed by atoms with E-state index in [4.69, 9.17) is 0 Å². The Bertz CT molecular complexity index is 194. The minimum Gasteiger partial charge on any atom is -0.353 e. The topological polar surface area (TPSA) is 44.4 Å². The summed E-state index contributed by atoms with van der Waals surface area (Å²) in [5, 5.41) is 6.33. The minimum atomic E-state index is 0. The van der Waals surface area contributed by atoms with Crippen molar-refractivity contribution in [3.05, 3.63) is 0 Å². The van der Waals surface area contributed by atoms with Gasteiger partial charge in [-0.15, -0.1) is 12.4 Å². The Labute approximate surface area is 105 Å². The first-order valence-corrected chi connectivity index (χ1v) is 5.94. The van der Waals surface area contributed by atoms with Gasteiger partial charge in [0.1, 0.15) is 0 Å². The first-order valence-electron chi connectivity index (χ1n) is 5.94. The Morgan fingerprint density at radius 2 is 2.19 bits per heavy atom. The van der Waals surface area contributed by atoms with Gasteiger partial charge in [-0.3, -0.25) is 9.69 Å². The number of hydrogen-bond acceptors (Lipinski definition) is 3. The van der Waals surface area contributed by atoms with Gasteiger partial charge in [-0.05, 0) is 32.9 Å². The van der Waals surface area contributed by atoms with Crippen LogP contribution < -0.4 is 10.6 Å². The van der Waals surface area contributed by atoms with Crippen molar-refractivity contribution >= 4 is 18.3 Å². The highest BCUT2D eigenvalue weighted by atomic mass is 35.5. The second kappa shape index (κ2) is 8.79. The van der Waals surface area contributed by atoms with E-state index in [0.717, 1.165) is 39.0 Å². The SMILES string of the molecule is CCC(C)NC(=O)CN1CCCNCC1.Cl. The van der Waals surface area contributed by atoms with E-state index in [1.165, 1.54) is 0 Å². The lowest BCUT2D eigenvalue weighted by atomic mass is 10.2. The van der Waals surface area contributed by atoms with Crippen LogP contribution in [0.3, 0.4) is 0 Å². The van der Waals surface area contributed by atoms with Gasteiger partial charge in [0.25, 0.3) is 0 Å². The third kappa shape index (κ3) is 6.30. The molecule has 0 saturated carbocycles. The molecule has 1 saturated heterocycles. The van der Waals surface area contributed by atoms with Crippen molar-refractivity contribution in [2.75, 3.05) is 32.7 Å². The summed E-state index contributed by atoms with van der Waals surface area (Å²) in [6.07, 6.45) is 2.13. The Kier molecular flexibility index (Phi) is 8.61. The maximum atomic E-state index is 11.6. The van der Waals surface area contributed by atoms with E-state index in [2.05, 4.69) is 22.5 Å². The number of rotatable bonds is 4. The fourth-order valence-electron chi connectivity index (χ4n) is 1.69. The third-order valence-electron chi connectivity index (χ3n) is 2.82. The Hall–Kier alpha value is -0.320. The van der Waals surface area contributed by atoms with E-state index < -0.39 is 0 Å². The largest absolute Gasteiger partial charge is 0.353 e. The molecule has 16 heavy (non-hydrogen) atoms. The average molecular weight is 250 g/mol. The summed E-state index contributed by atoms with van der Waals surface area (Å²) in [5.74, 6) is 0.159. The summed E-state index contributed by atoms with van der Waals surface area (Å²) in [4.78, 5) is 13.8. The minimum absolute atomic E-state index is 0. The van der Waals surface area contributed by atoms with Crippen LogP contribution in [0.1, 0.15) is 26.7 Å². The van der Waals surface area contributed by atoms with Gasteiger partial charge in [0.05, 0.1) is 6.54 Å². The highest BCUT2D eigenvalue weighted by molar-refractivity contribution is 5.85. The highest BCUT2D eigenvalue weighted by Crippen LogP contribution is 1.95. The molecule has 1 unspecified atom stereocenters. The Morgan fingerprint density at radius 1 is 1.44 bits per heavy atom. The van der Waals surface area contributed by atoms with Crippen molar-refractivity contribution in [3.63, 3.8) is 0 Å². The van der Waals surface area contributed by atoms with Crippen LogP contribution in [0.25, 0.3) is 0 Å². The molecule has 1 atom stereocenters. The molecule has 1 fully saturated rings. The van der Waals surface area contributed by atoms with Crippen LogP contribution in [0.5, 0.6) is 0 Å². The van der Waals surface area contributed by atoms with Crippen LogP contribution in [0.4, 0.5) is 0 Å². The lowest BCUT2D eigenvalue weighted by molar-refractivity contribution is -0.122. The van der Waals surface area contributed by atoms with Crippen molar-refractivity contribution in [2.45, 2.75) is 32.7 Å². The standard InChI is InChI=1S/C11H23N3O.ClH/c1-3-10(2)13-11(15)9-14-7-4-5-12-6-8-14;/h10,12H,3-9H2,1-2H3,(H,13,15);1H. The van der Waals surface area contributed by atoms with Crippen LogP contribution >= 0.6 is 12.4 Å². The van der Waals surface area contributed by atoms with Crippen LogP contribution in [-0.2, 0) is 4.79 Å². The molecule has 0 aromatic heterocycles. The Balaban J connectivity index is 0.00000225. The molecule has 0 aromatic rings. The van der Waals surface area contributed by atoms with Crippen molar-refractivity contribution in [1.29, 1.82) is 0 Å². The number of nitrogens with one attached hydrogen (secondary N) is 2. The quantitative estimate of drug-likeness (QED) is 0.768. The maximum absolute atomic E-state index is 11.6. The molecular weight excluding hydrogens is 226 g/mol. The molecule has 96 valence electrons. The molecule has 0 aromatic carbocycles. The fourth-order valence-corrected chi connectivity index (χ4v) is 1.69. The molecule has 1 amide bonds. The summed E-state index contributed by atoms with van der Waals surface area (Å²) in [6, 6.07) is 0.294. The number of halogens is 1. The molecule has 0 aliphatic carbocycles. The molecule has 1 aliphatic rings. The van der Waals surface area contributed by atoms with Crippen molar-refractivity contribution < 1.29 is 4.79 Å². The number of carbonyl (C=O) groups is 1. The summed E-state index contributed by atoms with van der Waals surface area (Å²) < 4.78 is 0. The maximum Gasteiger partial charge on any atom is 0.234 e. The van der Waals surface area contributed by atoms with Crippen molar-refractivity contribution in [3.8, 4) is 0 Å². The van der Waals surface area contributed by atoms with Crippen molar-refractivity contribution in [1.82, 2.24) is 15.5 Å². The summed E-state index contributed by atoms with van der Waals surface area (Å²) >= 11 is 0. The van der Waals surface area contributed by atoms with Gasteiger partial charge in [0.2, 0.25) is 5.91 Å². The molecule has 1 rings (SSSR count). The van der Waals surface area contributed by atoms with Gasteiger partial charge < -0.3 is 10.6 Å². The van der Waals surface area contributed by atoms with Gasteiger partial charge in [0.15, 0.2) is 0 Å². The van der Waals surface area contributed by atoms with E-state index >= 15 is 0 Å². The lowest BCUT2D eigenvalue weighted by Gasteiger charge is -2.20. The number of hydrogen-bond donors (Lipinski definition) is 2.